The van der Waals surface area contributed by atoms with E-state index < -0.39 is 0 Å². The lowest BCUT2D eigenvalue weighted by atomic mass is 9.76. The van der Waals surface area contributed by atoms with Gasteiger partial charge >= 0.3 is 0 Å². The van der Waals surface area contributed by atoms with Gasteiger partial charge in [0, 0.05) is 17.0 Å². The Kier molecular flexibility index (Phi) is 3.67. The maximum absolute atomic E-state index is 5.17. The molecule has 0 radical (unpaired) electrons. The molecule has 1 unspecified atom stereocenters. The van der Waals surface area contributed by atoms with Crippen LogP contribution in [0.3, 0.4) is 0 Å². The summed E-state index contributed by atoms with van der Waals surface area (Å²) in [5.74, 6) is 0.568. The van der Waals surface area contributed by atoms with E-state index in [1.165, 1.54) is 16.9 Å². The minimum atomic E-state index is 0.273. The summed E-state index contributed by atoms with van der Waals surface area (Å²) in [7, 11) is 3.63. The Morgan fingerprint density at radius 3 is 2.90 bits per heavy atom. The van der Waals surface area contributed by atoms with E-state index in [0.29, 0.717) is 11.9 Å². The van der Waals surface area contributed by atoms with Crippen LogP contribution in [0.25, 0.3) is 10.7 Å². The number of ether oxygens (including phenoxy) is 1. The molecule has 0 amide bonds. The van der Waals surface area contributed by atoms with E-state index in [1.54, 1.807) is 18.4 Å². The Labute approximate surface area is 128 Å². The van der Waals surface area contributed by atoms with Gasteiger partial charge in [-0.05, 0) is 25.3 Å². The van der Waals surface area contributed by atoms with Gasteiger partial charge in [0.25, 0.3) is 0 Å². The van der Waals surface area contributed by atoms with Crippen molar-refractivity contribution in [2.24, 2.45) is 5.41 Å². The van der Waals surface area contributed by atoms with Crippen molar-refractivity contribution in [3.63, 3.8) is 0 Å². The third-order valence-electron chi connectivity index (χ3n) is 3.87. The van der Waals surface area contributed by atoms with Crippen molar-refractivity contribution in [2.75, 3.05) is 14.2 Å². The summed E-state index contributed by atoms with van der Waals surface area (Å²) in [6, 6.07) is 2.21. The van der Waals surface area contributed by atoms with E-state index in [0.717, 1.165) is 23.5 Å². The van der Waals surface area contributed by atoms with E-state index in [-0.39, 0.29) is 5.41 Å². The van der Waals surface area contributed by atoms with Crippen LogP contribution in [0.2, 0.25) is 0 Å². The normalized spacial score (nSPS) is 20.1. The second-order valence-corrected chi connectivity index (χ2v) is 7.19. The van der Waals surface area contributed by atoms with E-state index in [2.05, 4.69) is 29.1 Å². The summed E-state index contributed by atoms with van der Waals surface area (Å²) in [5, 5.41) is 4.36. The fraction of sp³-hybridized carbons (Fsp3) is 0.533. The van der Waals surface area contributed by atoms with E-state index in [4.69, 9.17) is 9.72 Å². The summed E-state index contributed by atoms with van der Waals surface area (Å²) >= 11 is 1.72. The number of nitrogens with zero attached hydrogens (tertiary/aromatic N) is 3. The van der Waals surface area contributed by atoms with Gasteiger partial charge < -0.3 is 10.1 Å². The third kappa shape index (κ3) is 2.78. The molecule has 0 fully saturated rings. The number of nitrogens with one attached hydrogen (secondary N) is 1. The molecule has 6 heteroatoms. The van der Waals surface area contributed by atoms with E-state index in [1.807, 2.05) is 13.1 Å². The summed E-state index contributed by atoms with van der Waals surface area (Å²) in [6.07, 6.45) is 3.67. The zero-order valence-electron chi connectivity index (χ0n) is 12.8. The van der Waals surface area contributed by atoms with Crippen molar-refractivity contribution >= 4 is 11.3 Å². The highest BCUT2D eigenvalue weighted by molar-refractivity contribution is 7.15. The molecule has 0 spiro atoms. The molecular formula is C15H20N4OS. The minimum Gasteiger partial charge on any atom is -0.481 e. The molecule has 0 saturated heterocycles. The van der Waals surface area contributed by atoms with Crippen molar-refractivity contribution in [1.29, 1.82) is 0 Å². The average Bonchev–Trinajstić information content (AvgIpc) is 2.89. The van der Waals surface area contributed by atoms with Gasteiger partial charge in [-0.2, -0.15) is 0 Å². The Balaban J connectivity index is 2.02. The van der Waals surface area contributed by atoms with Crippen LogP contribution < -0.4 is 10.1 Å². The molecule has 2 aromatic heterocycles. The molecule has 1 N–H and O–H groups in total. The van der Waals surface area contributed by atoms with Crippen LogP contribution in [0.1, 0.15) is 36.9 Å². The maximum Gasteiger partial charge on any atom is 0.216 e. The van der Waals surface area contributed by atoms with Crippen molar-refractivity contribution in [3.05, 3.63) is 23.0 Å². The number of aromatic nitrogens is 3. The number of hydrogen-bond donors (Lipinski definition) is 1. The molecular weight excluding hydrogens is 284 g/mol. The first-order chi connectivity index (χ1) is 10.0. The molecule has 1 atom stereocenters. The fourth-order valence-electron chi connectivity index (χ4n) is 2.84. The van der Waals surface area contributed by atoms with Crippen molar-refractivity contribution < 1.29 is 4.74 Å². The lowest BCUT2D eigenvalue weighted by molar-refractivity contribution is 0.265. The average molecular weight is 304 g/mol. The summed E-state index contributed by atoms with van der Waals surface area (Å²) in [6.45, 7) is 4.60. The van der Waals surface area contributed by atoms with Crippen LogP contribution in [0.15, 0.2) is 12.4 Å². The lowest BCUT2D eigenvalue weighted by Gasteiger charge is -2.34. The van der Waals surface area contributed by atoms with Gasteiger partial charge in [-0.3, -0.25) is 0 Å². The highest BCUT2D eigenvalue weighted by Crippen LogP contribution is 2.44. The number of fused-ring (bicyclic) bond motifs is 1. The van der Waals surface area contributed by atoms with Crippen LogP contribution in [0, 0.1) is 5.41 Å². The second kappa shape index (κ2) is 5.35. The van der Waals surface area contributed by atoms with Gasteiger partial charge in [0.2, 0.25) is 5.88 Å². The molecule has 21 heavy (non-hydrogen) atoms. The Hall–Kier alpha value is -1.53. The van der Waals surface area contributed by atoms with Gasteiger partial charge in [0.05, 0.1) is 12.8 Å². The Bertz CT molecular complexity index is 653. The highest BCUT2D eigenvalue weighted by Gasteiger charge is 2.34. The minimum absolute atomic E-state index is 0.273. The standard InChI is InChI=1S/C15H20N4OS/c1-15(2)6-10(16-3)13-11(7-15)19-14(21-13)9-5-12(20-4)18-8-17-9/h5,8,10,16H,6-7H2,1-4H3. The summed E-state index contributed by atoms with van der Waals surface area (Å²) in [4.78, 5) is 14.5. The number of thiazole rings is 1. The Morgan fingerprint density at radius 1 is 1.38 bits per heavy atom. The van der Waals surface area contributed by atoms with Gasteiger partial charge in [-0.25, -0.2) is 15.0 Å². The highest BCUT2D eigenvalue weighted by atomic mass is 32.1. The first kappa shape index (κ1) is 14.4. The predicted molar refractivity (Wildman–Crippen MR) is 83.6 cm³/mol. The number of hydrogen-bond acceptors (Lipinski definition) is 6. The van der Waals surface area contributed by atoms with Crippen molar-refractivity contribution in [1.82, 2.24) is 20.3 Å². The lowest BCUT2D eigenvalue weighted by Crippen LogP contribution is -2.30. The molecule has 0 aromatic carbocycles. The number of methoxy groups -OCH3 is 1. The quantitative estimate of drug-likeness (QED) is 0.945. The van der Waals surface area contributed by atoms with Crippen LogP contribution in [0.4, 0.5) is 0 Å². The van der Waals surface area contributed by atoms with Gasteiger partial charge in [-0.1, -0.05) is 13.8 Å². The molecule has 5 nitrogen and oxygen atoms in total. The van der Waals surface area contributed by atoms with Crippen molar-refractivity contribution in [3.8, 4) is 16.6 Å². The molecule has 0 bridgehead atoms. The summed E-state index contributed by atoms with van der Waals surface area (Å²) < 4.78 is 5.17. The van der Waals surface area contributed by atoms with E-state index >= 15 is 0 Å². The zero-order chi connectivity index (χ0) is 15.0. The Morgan fingerprint density at radius 2 is 2.19 bits per heavy atom. The molecule has 3 rings (SSSR count). The first-order valence-corrected chi connectivity index (χ1v) is 7.87. The predicted octanol–water partition coefficient (Wildman–Crippen LogP) is 2.84. The third-order valence-corrected chi connectivity index (χ3v) is 5.10. The molecule has 1 aliphatic rings. The van der Waals surface area contributed by atoms with E-state index in [9.17, 15) is 0 Å². The van der Waals surface area contributed by atoms with Crippen LogP contribution >= 0.6 is 11.3 Å². The first-order valence-electron chi connectivity index (χ1n) is 7.06. The molecule has 112 valence electrons. The van der Waals surface area contributed by atoms with Crippen LogP contribution in [-0.4, -0.2) is 29.1 Å². The zero-order valence-corrected chi connectivity index (χ0v) is 13.6. The van der Waals surface area contributed by atoms with Gasteiger partial charge in [-0.15, -0.1) is 11.3 Å². The van der Waals surface area contributed by atoms with Crippen LogP contribution in [0.5, 0.6) is 5.88 Å². The fourth-order valence-corrected chi connectivity index (χ4v) is 4.00. The SMILES string of the molecule is CNC1CC(C)(C)Cc2nc(-c3cc(OC)ncn3)sc21. The van der Waals surface area contributed by atoms with Gasteiger partial charge in [0.15, 0.2) is 0 Å². The topological polar surface area (TPSA) is 59.9 Å². The smallest absolute Gasteiger partial charge is 0.216 e. The molecule has 0 aliphatic heterocycles. The maximum atomic E-state index is 5.17. The largest absolute Gasteiger partial charge is 0.481 e. The molecule has 0 saturated carbocycles. The monoisotopic (exact) mass is 304 g/mol. The summed E-state index contributed by atoms with van der Waals surface area (Å²) in [5.41, 5.74) is 2.30. The van der Waals surface area contributed by atoms with Crippen molar-refractivity contribution in [2.45, 2.75) is 32.7 Å². The second-order valence-electron chi connectivity index (χ2n) is 6.16. The molecule has 2 aromatic rings. The van der Waals surface area contributed by atoms with Crippen LogP contribution in [-0.2, 0) is 6.42 Å². The molecule has 2 heterocycles. The molecule has 1 aliphatic carbocycles. The number of rotatable bonds is 3. The van der Waals surface area contributed by atoms with Gasteiger partial charge in [0.1, 0.15) is 17.0 Å².